The number of hydrogen-bond donors (Lipinski definition) is 2. The first kappa shape index (κ1) is 23.2. The molecule has 6 heteroatoms. The lowest BCUT2D eigenvalue weighted by atomic mass is 10.1. The van der Waals surface area contributed by atoms with Gasteiger partial charge in [-0.2, -0.15) is 0 Å². The zero-order valence-corrected chi connectivity index (χ0v) is 18.7. The predicted molar refractivity (Wildman–Crippen MR) is 119 cm³/mol. The van der Waals surface area contributed by atoms with E-state index in [1.165, 1.54) is 16.7 Å². The van der Waals surface area contributed by atoms with E-state index in [0.29, 0.717) is 6.10 Å². The second kappa shape index (κ2) is 13.3. The van der Waals surface area contributed by atoms with Gasteiger partial charge in [0.25, 0.3) is 0 Å². The van der Waals surface area contributed by atoms with E-state index in [4.69, 9.17) is 9.47 Å². The van der Waals surface area contributed by atoms with Crippen molar-refractivity contribution in [2.24, 2.45) is 4.99 Å². The van der Waals surface area contributed by atoms with Crippen LogP contribution in [-0.2, 0) is 15.9 Å². The van der Waals surface area contributed by atoms with Crippen LogP contribution >= 0.6 is 24.0 Å². The van der Waals surface area contributed by atoms with Gasteiger partial charge in [0.1, 0.15) is 0 Å². The summed E-state index contributed by atoms with van der Waals surface area (Å²) < 4.78 is 11.2. The topological polar surface area (TPSA) is 54.9 Å². The molecule has 0 atom stereocenters. The predicted octanol–water partition coefficient (Wildman–Crippen LogP) is 3.21. The fourth-order valence-corrected chi connectivity index (χ4v) is 3.13. The molecule has 1 fully saturated rings. The summed E-state index contributed by atoms with van der Waals surface area (Å²) in [5, 5.41) is 6.73. The average Bonchev–Trinajstić information content (AvgIpc) is 2.60. The molecule has 0 spiro atoms. The Balaban J connectivity index is 0.00000338. The third-order valence-corrected chi connectivity index (χ3v) is 4.35. The van der Waals surface area contributed by atoms with E-state index in [-0.39, 0.29) is 24.0 Å². The van der Waals surface area contributed by atoms with Gasteiger partial charge in [-0.3, -0.25) is 4.99 Å². The number of ether oxygens (including phenoxy) is 2. The highest BCUT2D eigenvalue weighted by atomic mass is 127. The lowest BCUT2D eigenvalue weighted by Gasteiger charge is -2.22. The summed E-state index contributed by atoms with van der Waals surface area (Å²) in [6.07, 6.45) is 4.40. The molecule has 2 N–H and O–H groups in total. The first-order valence-corrected chi connectivity index (χ1v) is 9.38. The molecule has 1 aliphatic rings. The van der Waals surface area contributed by atoms with Gasteiger partial charge in [0.15, 0.2) is 5.96 Å². The third-order valence-electron chi connectivity index (χ3n) is 4.35. The van der Waals surface area contributed by atoms with Crippen molar-refractivity contribution >= 4 is 29.9 Å². The van der Waals surface area contributed by atoms with Crippen LogP contribution in [0.3, 0.4) is 0 Å². The first-order valence-electron chi connectivity index (χ1n) is 9.38. The van der Waals surface area contributed by atoms with Gasteiger partial charge in [0, 0.05) is 40.0 Å². The molecule has 1 aliphatic heterocycles. The van der Waals surface area contributed by atoms with Crippen molar-refractivity contribution in [1.29, 1.82) is 0 Å². The molecule has 0 unspecified atom stereocenters. The molecule has 0 aromatic heterocycles. The highest BCUT2D eigenvalue weighted by Gasteiger charge is 2.13. The Hall–Kier alpha value is -0.860. The molecule has 1 aromatic rings. The van der Waals surface area contributed by atoms with Crippen molar-refractivity contribution in [3.63, 3.8) is 0 Å². The van der Waals surface area contributed by atoms with E-state index in [1.54, 1.807) is 0 Å². The molecule has 0 saturated carbocycles. The Morgan fingerprint density at radius 2 is 1.77 bits per heavy atom. The Morgan fingerprint density at radius 1 is 1.12 bits per heavy atom. The Labute approximate surface area is 175 Å². The largest absolute Gasteiger partial charge is 0.381 e. The second-order valence-corrected chi connectivity index (χ2v) is 6.71. The van der Waals surface area contributed by atoms with Crippen molar-refractivity contribution in [2.45, 2.75) is 45.6 Å². The smallest absolute Gasteiger partial charge is 0.190 e. The van der Waals surface area contributed by atoms with Crippen LogP contribution in [-0.4, -0.2) is 52.0 Å². The number of rotatable bonds is 8. The van der Waals surface area contributed by atoms with E-state index >= 15 is 0 Å². The van der Waals surface area contributed by atoms with E-state index in [2.05, 4.69) is 47.7 Å². The maximum atomic E-state index is 5.88. The average molecular weight is 475 g/mol. The van der Waals surface area contributed by atoms with Crippen LogP contribution in [0.15, 0.2) is 23.2 Å². The van der Waals surface area contributed by atoms with Gasteiger partial charge < -0.3 is 20.1 Å². The SMILES string of the molecule is CN=C(NCCCOC1CCOCC1)NCCc1cc(C)cc(C)c1.I. The fraction of sp³-hybridized carbons (Fsp3) is 0.650. The molecule has 0 aliphatic carbocycles. The van der Waals surface area contributed by atoms with Crippen LogP contribution in [0.1, 0.15) is 36.0 Å². The van der Waals surface area contributed by atoms with Crippen LogP contribution < -0.4 is 10.6 Å². The number of aliphatic imine (C=N–C) groups is 1. The molecule has 148 valence electrons. The van der Waals surface area contributed by atoms with Crippen LogP contribution in [0.2, 0.25) is 0 Å². The molecule has 0 radical (unpaired) electrons. The lowest BCUT2D eigenvalue weighted by molar-refractivity contribution is -0.0320. The Kier molecular flexibility index (Phi) is 11.9. The molecule has 0 amide bonds. The summed E-state index contributed by atoms with van der Waals surface area (Å²) in [7, 11) is 1.81. The molecular weight excluding hydrogens is 441 g/mol. The summed E-state index contributed by atoms with van der Waals surface area (Å²) in [6.45, 7) is 8.49. The number of guanidine groups is 1. The van der Waals surface area contributed by atoms with Gasteiger partial charge in [-0.15, -0.1) is 24.0 Å². The van der Waals surface area contributed by atoms with Gasteiger partial charge in [-0.25, -0.2) is 0 Å². The number of hydrogen-bond acceptors (Lipinski definition) is 3. The summed E-state index contributed by atoms with van der Waals surface area (Å²) in [5.41, 5.74) is 4.01. The van der Waals surface area contributed by atoms with Gasteiger partial charge in [0.05, 0.1) is 6.10 Å². The van der Waals surface area contributed by atoms with Gasteiger partial charge in [-0.05, 0) is 45.1 Å². The van der Waals surface area contributed by atoms with Crippen molar-refractivity contribution in [1.82, 2.24) is 10.6 Å². The molecule has 1 aromatic carbocycles. The summed E-state index contributed by atoms with van der Waals surface area (Å²) in [5.74, 6) is 0.857. The minimum atomic E-state index is 0. The first-order chi connectivity index (χ1) is 12.2. The van der Waals surface area contributed by atoms with Crippen molar-refractivity contribution in [2.75, 3.05) is 40.0 Å². The minimum Gasteiger partial charge on any atom is -0.381 e. The maximum absolute atomic E-state index is 5.88. The van der Waals surface area contributed by atoms with Crippen molar-refractivity contribution < 1.29 is 9.47 Å². The number of nitrogens with zero attached hydrogens (tertiary/aromatic N) is 1. The highest BCUT2D eigenvalue weighted by Crippen LogP contribution is 2.10. The molecule has 26 heavy (non-hydrogen) atoms. The van der Waals surface area contributed by atoms with E-state index in [9.17, 15) is 0 Å². The van der Waals surface area contributed by atoms with Crippen molar-refractivity contribution in [3.8, 4) is 0 Å². The summed E-state index contributed by atoms with van der Waals surface area (Å²) in [4.78, 5) is 4.28. The number of aryl methyl sites for hydroxylation is 2. The number of nitrogens with one attached hydrogen (secondary N) is 2. The van der Waals surface area contributed by atoms with Crippen LogP contribution in [0.25, 0.3) is 0 Å². The monoisotopic (exact) mass is 475 g/mol. The zero-order chi connectivity index (χ0) is 17.9. The molecule has 1 heterocycles. The van der Waals surface area contributed by atoms with E-state index < -0.39 is 0 Å². The number of benzene rings is 1. The van der Waals surface area contributed by atoms with Crippen LogP contribution in [0.4, 0.5) is 0 Å². The summed E-state index contributed by atoms with van der Waals surface area (Å²) in [6, 6.07) is 6.71. The van der Waals surface area contributed by atoms with Gasteiger partial charge in [-0.1, -0.05) is 29.3 Å². The number of halogens is 1. The van der Waals surface area contributed by atoms with Gasteiger partial charge in [0.2, 0.25) is 0 Å². The lowest BCUT2D eigenvalue weighted by Crippen LogP contribution is -2.39. The molecular formula is C20H34IN3O2. The molecule has 2 rings (SSSR count). The minimum absolute atomic E-state index is 0. The van der Waals surface area contributed by atoms with E-state index in [1.807, 2.05) is 7.05 Å². The molecule has 5 nitrogen and oxygen atoms in total. The fourth-order valence-electron chi connectivity index (χ4n) is 3.13. The third kappa shape index (κ3) is 9.19. The summed E-state index contributed by atoms with van der Waals surface area (Å²) >= 11 is 0. The van der Waals surface area contributed by atoms with Crippen LogP contribution in [0, 0.1) is 13.8 Å². The van der Waals surface area contributed by atoms with Crippen molar-refractivity contribution in [3.05, 3.63) is 34.9 Å². The van der Waals surface area contributed by atoms with Crippen LogP contribution in [0.5, 0.6) is 0 Å². The maximum Gasteiger partial charge on any atom is 0.190 e. The van der Waals surface area contributed by atoms with Gasteiger partial charge >= 0.3 is 0 Å². The van der Waals surface area contributed by atoms with E-state index in [0.717, 1.165) is 64.6 Å². The Bertz CT molecular complexity index is 526. The quantitative estimate of drug-likeness (QED) is 0.263. The standard InChI is InChI=1S/C20H33N3O2.HI/c1-16-13-17(2)15-18(14-16)5-9-23-20(21-3)22-8-4-10-25-19-6-11-24-12-7-19;/h13-15,19H,4-12H2,1-3H3,(H2,21,22,23);1H. The Morgan fingerprint density at radius 3 is 2.42 bits per heavy atom. The molecule has 0 bridgehead atoms. The zero-order valence-electron chi connectivity index (χ0n) is 16.3. The second-order valence-electron chi connectivity index (χ2n) is 6.71. The highest BCUT2D eigenvalue weighted by molar-refractivity contribution is 14.0. The molecule has 1 saturated heterocycles. The normalized spacial score (nSPS) is 15.4.